The number of piperidine rings is 1. The van der Waals surface area contributed by atoms with Gasteiger partial charge in [-0.3, -0.25) is 4.79 Å². The molecule has 1 unspecified atom stereocenters. The number of carbonyl (C=O) groups excluding carboxylic acids is 2. The lowest BCUT2D eigenvalue weighted by Crippen LogP contribution is -2.52. The molecule has 1 saturated heterocycles. The van der Waals surface area contributed by atoms with Gasteiger partial charge in [0, 0.05) is 18.5 Å². The van der Waals surface area contributed by atoms with Gasteiger partial charge in [0.25, 0.3) is 0 Å². The van der Waals surface area contributed by atoms with Gasteiger partial charge in [0.05, 0.1) is 0 Å². The number of thiophene rings is 1. The highest BCUT2D eigenvalue weighted by molar-refractivity contribution is 7.89. The number of Topliss-reactive ketones (excluding diaryl/α,β-unsaturated/α-hetero) is 1. The molecule has 8 heteroatoms. The molecule has 2 heterocycles. The molecule has 1 atom stereocenters. The van der Waals surface area contributed by atoms with Crippen LogP contribution in [0.25, 0.3) is 0 Å². The summed E-state index contributed by atoms with van der Waals surface area (Å²) in [5, 5.41) is 1.61. The minimum atomic E-state index is -3.73. The van der Waals surface area contributed by atoms with Crippen LogP contribution >= 0.6 is 11.3 Å². The maximum Gasteiger partial charge on any atom is 0.350 e. The van der Waals surface area contributed by atoms with E-state index in [9.17, 15) is 18.0 Å². The van der Waals surface area contributed by atoms with Crippen LogP contribution in [0.5, 0.6) is 0 Å². The number of hydrogen-bond acceptors (Lipinski definition) is 6. The van der Waals surface area contributed by atoms with E-state index in [-0.39, 0.29) is 21.0 Å². The third kappa shape index (κ3) is 3.78. The van der Waals surface area contributed by atoms with Crippen molar-refractivity contribution in [2.24, 2.45) is 23.2 Å². The van der Waals surface area contributed by atoms with Crippen LogP contribution in [0.1, 0.15) is 74.4 Å². The Balaban J connectivity index is 1.31. The van der Waals surface area contributed by atoms with Crippen LogP contribution in [-0.4, -0.2) is 43.7 Å². The number of ether oxygens (including phenoxy) is 1. The fourth-order valence-corrected chi connectivity index (χ4v) is 9.79. The SMILES string of the molecule is CC(OC(=O)c1sccc1S(=O)(=O)N1CCCCC1)C(=O)C12CC3CC(CC(C3)C1)C2. The molecule has 1 aromatic heterocycles. The fraction of sp³-hybridized carbons (Fsp3) is 0.739. The first-order chi connectivity index (χ1) is 14.8. The van der Waals surface area contributed by atoms with Gasteiger partial charge < -0.3 is 4.74 Å². The van der Waals surface area contributed by atoms with Gasteiger partial charge in [-0.25, -0.2) is 13.2 Å². The summed E-state index contributed by atoms with van der Waals surface area (Å²) in [6, 6.07) is 1.48. The number of esters is 1. The van der Waals surface area contributed by atoms with Gasteiger partial charge in [0.1, 0.15) is 9.77 Å². The molecule has 0 N–H and O–H groups in total. The summed E-state index contributed by atoms with van der Waals surface area (Å²) in [4.78, 5) is 26.5. The van der Waals surface area contributed by atoms with Crippen LogP contribution in [0.15, 0.2) is 16.3 Å². The molecular weight excluding hydrogens is 434 g/mol. The molecule has 0 amide bonds. The van der Waals surface area contributed by atoms with Crippen molar-refractivity contribution >= 4 is 33.1 Å². The first-order valence-electron chi connectivity index (χ1n) is 11.6. The lowest BCUT2D eigenvalue weighted by atomic mass is 9.48. The number of sulfonamides is 1. The molecule has 0 spiro atoms. The summed E-state index contributed by atoms with van der Waals surface area (Å²) in [7, 11) is -3.73. The van der Waals surface area contributed by atoms with Crippen LogP contribution in [0.2, 0.25) is 0 Å². The van der Waals surface area contributed by atoms with Crippen molar-refractivity contribution in [2.45, 2.75) is 75.7 Å². The molecule has 4 bridgehead atoms. The predicted octanol–water partition coefficient (Wildman–Crippen LogP) is 4.25. The minimum Gasteiger partial charge on any atom is -0.450 e. The van der Waals surface area contributed by atoms with Crippen molar-refractivity contribution in [1.29, 1.82) is 0 Å². The number of ketones is 1. The van der Waals surface area contributed by atoms with Crippen molar-refractivity contribution in [3.8, 4) is 0 Å². The topological polar surface area (TPSA) is 80.8 Å². The molecule has 1 aliphatic heterocycles. The van der Waals surface area contributed by atoms with E-state index >= 15 is 0 Å². The highest BCUT2D eigenvalue weighted by atomic mass is 32.2. The minimum absolute atomic E-state index is 0.0128. The van der Waals surface area contributed by atoms with Crippen molar-refractivity contribution in [3.63, 3.8) is 0 Å². The molecule has 1 aromatic rings. The van der Waals surface area contributed by atoms with Gasteiger partial charge in [-0.1, -0.05) is 6.42 Å². The molecule has 4 aliphatic carbocycles. The van der Waals surface area contributed by atoms with Gasteiger partial charge in [-0.15, -0.1) is 11.3 Å². The second-order valence-electron chi connectivity index (χ2n) is 10.2. The average Bonchev–Trinajstić information content (AvgIpc) is 3.24. The van der Waals surface area contributed by atoms with Crippen molar-refractivity contribution in [2.75, 3.05) is 13.1 Å². The molecule has 170 valence electrons. The standard InChI is InChI=1S/C23H31NO5S2/c1-15(21(25)23-12-16-9-17(13-23)11-18(10-16)14-23)29-22(26)20-19(5-8-30-20)31(27,28)24-6-3-2-4-7-24/h5,8,15-18H,2-4,6-7,9-14H2,1H3. The van der Waals surface area contributed by atoms with Crippen molar-refractivity contribution in [1.82, 2.24) is 4.31 Å². The molecule has 5 fully saturated rings. The summed E-state index contributed by atoms with van der Waals surface area (Å²) >= 11 is 1.07. The van der Waals surface area contributed by atoms with E-state index in [0.717, 1.165) is 49.9 Å². The van der Waals surface area contributed by atoms with E-state index in [1.807, 2.05) is 0 Å². The van der Waals surface area contributed by atoms with Crippen molar-refractivity contribution in [3.05, 3.63) is 16.3 Å². The Labute approximate surface area is 188 Å². The van der Waals surface area contributed by atoms with Gasteiger partial charge >= 0.3 is 5.97 Å². The Hall–Kier alpha value is -1.25. The third-order valence-corrected chi connectivity index (χ3v) is 10.9. The predicted molar refractivity (Wildman–Crippen MR) is 117 cm³/mol. The Bertz CT molecular complexity index is 941. The summed E-state index contributed by atoms with van der Waals surface area (Å²) in [5.74, 6) is 1.25. The van der Waals surface area contributed by atoms with E-state index in [0.29, 0.717) is 30.8 Å². The molecular formula is C23H31NO5S2. The van der Waals surface area contributed by atoms with E-state index < -0.39 is 22.1 Å². The number of rotatable bonds is 6. The highest BCUT2D eigenvalue weighted by Crippen LogP contribution is 2.60. The molecule has 5 aliphatic rings. The molecule has 31 heavy (non-hydrogen) atoms. The number of nitrogens with zero attached hydrogens (tertiary/aromatic N) is 1. The molecule has 6 rings (SSSR count). The number of hydrogen-bond donors (Lipinski definition) is 0. The van der Waals surface area contributed by atoms with Gasteiger partial charge in [0.15, 0.2) is 11.9 Å². The molecule has 0 aromatic carbocycles. The average molecular weight is 466 g/mol. The quantitative estimate of drug-likeness (QED) is 0.587. The zero-order valence-corrected chi connectivity index (χ0v) is 19.7. The van der Waals surface area contributed by atoms with Crippen LogP contribution in [0.3, 0.4) is 0 Å². The largest absolute Gasteiger partial charge is 0.450 e. The zero-order chi connectivity index (χ0) is 21.8. The smallest absolute Gasteiger partial charge is 0.350 e. The zero-order valence-electron chi connectivity index (χ0n) is 18.0. The van der Waals surface area contributed by atoms with E-state index in [1.165, 1.54) is 29.6 Å². The Morgan fingerprint density at radius 1 is 1.06 bits per heavy atom. The van der Waals surface area contributed by atoms with Crippen LogP contribution in [0.4, 0.5) is 0 Å². The van der Waals surface area contributed by atoms with Crippen LogP contribution < -0.4 is 0 Å². The maximum absolute atomic E-state index is 13.4. The third-order valence-electron chi connectivity index (χ3n) is 7.96. The summed E-state index contributed by atoms with van der Waals surface area (Å²) in [6.07, 6.45) is 8.34. The molecule has 0 radical (unpaired) electrons. The van der Waals surface area contributed by atoms with E-state index in [1.54, 1.807) is 12.3 Å². The molecule has 4 saturated carbocycles. The van der Waals surface area contributed by atoms with Crippen molar-refractivity contribution < 1.29 is 22.7 Å². The first kappa shape index (κ1) is 21.6. The lowest BCUT2D eigenvalue weighted by molar-refractivity contribution is -0.152. The highest BCUT2D eigenvalue weighted by Gasteiger charge is 2.55. The van der Waals surface area contributed by atoms with E-state index in [2.05, 4.69) is 0 Å². The second-order valence-corrected chi connectivity index (χ2v) is 13.0. The van der Waals surface area contributed by atoms with Gasteiger partial charge in [0.2, 0.25) is 10.0 Å². The summed E-state index contributed by atoms with van der Waals surface area (Å²) < 4.78 is 33.2. The van der Waals surface area contributed by atoms with Gasteiger partial charge in [-0.2, -0.15) is 4.31 Å². The lowest BCUT2D eigenvalue weighted by Gasteiger charge is -2.56. The normalized spacial score (nSPS) is 33.9. The van der Waals surface area contributed by atoms with Crippen LogP contribution in [0, 0.1) is 23.2 Å². The monoisotopic (exact) mass is 465 g/mol. The first-order valence-corrected chi connectivity index (χ1v) is 13.9. The maximum atomic E-state index is 13.4. The van der Waals surface area contributed by atoms with Crippen LogP contribution in [-0.2, 0) is 19.6 Å². The Morgan fingerprint density at radius 3 is 2.23 bits per heavy atom. The Kier molecular flexibility index (Phi) is 5.54. The fourth-order valence-electron chi connectivity index (χ4n) is 7.00. The second kappa shape index (κ2) is 7.96. The number of carbonyl (C=O) groups is 2. The summed E-state index contributed by atoms with van der Waals surface area (Å²) in [5.41, 5.74) is -0.341. The molecule has 6 nitrogen and oxygen atoms in total. The van der Waals surface area contributed by atoms with Gasteiger partial charge in [-0.05, 0) is 87.5 Å². The summed E-state index contributed by atoms with van der Waals surface area (Å²) in [6.45, 7) is 2.62. The van der Waals surface area contributed by atoms with E-state index in [4.69, 9.17) is 4.74 Å². The Morgan fingerprint density at radius 2 is 1.65 bits per heavy atom.